The van der Waals surface area contributed by atoms with E-state index < -0.39 is 0 Å². The quantitative estimate of drug-likeness (QED) is 0.0541. The molecule has 2 aliphatic rings. The van der Waals surface area contributed by atoms with Gasteiger partial charge in [-0.1, -0.05) is 158 Å². The highest BCUT2D eigenvalue weighted by Gasteiger charge is 2.49. The first-order valence-electron chi connectivity index (χ1n) is 24.0. The Kier molecular flexibility index (Phi) is 24.2. The highest BCUT2D eigenvalue weighted by Crippen LogP contribution is 2.44. The first-order valence-corrected chi connectivity index (χ1v) is 24.0. The van der Waals surface area contributed by atoms with Crippen molar-refractivity contribution in [3.63, 3.8) is 0 Å². The molecular weight excluding hydrogens is 669 g/mol. The summed E-state index contributed by atoms with van der Waals surface area (Å²) in [7, 11) is 0. The van der Waals surface area contributed by atoms with E-state index in [4.69, 9.17) is 9.47 Å². The van der Waals surface area contributed by atoms with Crippen LogP contribution in [0.1, 0.15) is 261 Å². The molecule has 0 unspecified atom stereocenters. The Labute approximate surface area is 336 Å². The van der Waals surface area contributed by atoms with Crippen LogP contribution in [0.2, 0.25) is 0 Å². The molecule has 0 radical (unpaired) electrons. The van der Waals surface area contributed by atoms with Crippen molar-refractivity contribution < 1.29 is 19.1 Å². The molecule has 0 aliphatic carbocycles. The maximum absolute atomic E-state index is 13.5. The lowest BCUT2D eigenvalue weighted by Gasteiger charge is -2.53. The minimum atomic E-state index is -0.0818. The Bertz CT molecular complexity index is 831. The minimum Gasteiger partial charge on any atom is -0.462 e. The van der Waals surface area contributed by atoms with Crippen LogP contribution < -0.4 is 10.6 Å². The van der Waals surface area contributed by atoms with Crippen molar-refractivity contribution in [2.75, 3.05) is 0 Å². The van der Waals surface area contributed by atoms with Crippen molar-refractivity contribution >= 4 is 11.9 Å². The first-order chi connectivity index (χ1) is 26.1. The zero-order valence-electron chi connectivity index (χ0n) is 37.4. The van der Waals surface area contributed by atoms with Gasteiger partial charge in [-0.15, -0.1) is 0 Å². The molecule has 0 saturated carbocycles. The molecule has 0 aromatic carbocycles. The summed E-state index contributed by atoms with van der Waals surface area (Å²) in [5.41, 5.74) is 0.184. The topological polar surface area (TPSA) is 76.7 Å². The molecule has 0 atom stereocenters. The molecule has 0 aromatic rings. The van der Waals surface area contributed by atoms with Gasteiger partial charge in [-0.2, -0.15) is 0 Å². The fourth-order valence-electron chi connectivity index (χ4n) is 10.3. The number of nitrogens with one attached hydrogen (secondary N) is 2. The van der Waals surface area contributed by atoms with Gasteiger partial charge in [-0.3, -0.25) is 9.59 Å². The summed E-state index contributed by atoms with van der Waals surface area (Å²) >= 11 is 0. The summed E-state index contributed by atoms with van der Waals surface area (Å²) in [5, 5.41) is 8.65. The molecule has 2 rings (SSSR count). The average Bonchev–Trinajstić information content (AvgIpc) is 3.16. The molecule has 6 nitrogen and oxygen atoms in total. The van der Waals surface area contributed by atoms with Gasteiger partial charge < -0.3 is 20.1 Å². The zero-order chi connectivity index (χ0) is 39.8. The fourth-order valence-corrected chi connectivity index (χ4v) is 10.3. The van der Waals surface area contributed by atoms with Gasteiger partial charge in [0.05, 0.1) is 0 Å². The monoisotopic (exact) mass is 761 g/mol. The van der Waals surface area contributed by atoms with E-state index in [-0.39, 0.29) is 46.3 Å². The summed E-state index contributed by atoms with van der Waals surface area (Å²) in [6.07, 6.45) is 34.2. The number of hydrogen-bond acceptors (Lipinski definition) is 6. The lowest BCUT2D eigenvalue weighted by molar-refractivity contribution is -0.157. The van der Waals surface area contributed by atoms with Crippen LogP contribution in [-0.4, -0.2) is 46.3 Å². The second kappa shape index (κ2) is 26.7. The van der Waals surface area contributed by atoms with E-state index in [2.05, 4.69) is 66.0 Å². The number of carbonyl (C=O) groups is 2. The van der Waals surface area contributed by atoms with Crippen molar-refractivity contribution in [2.24, 2.45) is 0 Å². The van der Waals surface area contributed by atoms with Crippen molar-refractivity contribution in [2.45, 2.75) is 295 Å². The SMILES string of the molecule is CCCCC1(CCCC)CC(OC(=O)CCCCC(=O)OC2CC(CCCC)(CCCC)NC(CCCC)(CCCC)C2)CC(CCCC)(CCCC)N1. The molecular formula is C48H92N2O4. The Hall–Kier alpha value is -1.14. The van der Waals surface area contributed by atoms with Crippen molar-refractivity contribution in [3.8, 4) is 0 Å². The second-order valence-electron chi connectivity index (χ2n) is 18.4. The van der Waals surface area contributed by atoms with Gasteiger partial charge >= 0.3 is 11.9 Å². The third-order valence-corrected chi connectivity index (χ3v) is 13.2. The number of esters is 2. The minimum absolute atomic E-state index is 0.0348. The molecule has 318 valence electrons. The number of carbonyl (C=O) groups excluding carboxylic acids is 2. The summed E-state index contributed by atoms with van der Waals surface area (Å²) in [6.45, 7) is 18.3. The molecule has 0 aromatic heterocycles. The maximum atomic E-state index is 13.5. The van der Waals surface area contributed by atoms with Crippen molar-refractivity contribution in [1.29, 1.82) is 0 Å². The largest absolute Gasteiger partial charge is 0.462 e. The Morgan fingerprint density at radius 2 is 0.593 bits per heavy atom. The highest BCUT2D eigenvalue weighted by atomic mass is 16.5. The van der Waals surface area contributed by atoms with Crippen molar-refractivity contribution in [3.05, 3.63) is 0 Å². The molecule has 2 heterocycles. The molecule has 0 bridgehead atoms. The average molecular weight is 761 g/mol. The Morgan fingerprint density at radius 1 is 0.389 bits per heavy atom. The van der Waals surface area contributed by atoms with Gasteiger partial charge in [0.25, 0.3) is 0 Å². The first kappa shape index (κ1) is 49.0. The van der Waals surface area contributed by atoms with Crippen LogP contribution in [-0.2, 0) is 19.1 Å². The van der Waals surface area contributed by atoms with Crippen LogP contribution >= 0.6 is 0 Å². The van der Waals surface area contributed by atoms with E-state index in [0.717, 1.165) is 77.0 Å². The third kappa shape index (κ3) is 17.2. The Morgan fingerprint density at radius 3 is 0.778 bits per heavy atom. The maximum Gasteiger partial charge on any atom is 0.306 e. The van der Waals surface area contributed by atoms with Crippen LogP contribution in [0.5, 0.6) is 0 Å². The van der Waals surface area contributed by atoms with Gasteiger partial charge in [0.1, 0.15) is 12.2 Å². The van der Waals surface area contributed by atoms with Crippen LogP contribution in [0, 0.1) is 0 Å². The molecule has 2 saturated heterocycles. The highest BCUT2D eigenvalue weighted by molar-refractivity contribution is 5.71. The van der Waals surface area contributed by atoms with Gasteiger partial charge in [-0.25, -0.2) is 0 Å². The Balaban J connectivity index is 2.09. The van der Waals surface area contributed by atoms with Gasteiger partial charge in [0.15, 0.2) is 0 Å². The standard InChI is InChI=1S/C48H92N2O4/c1-9-17-29-45(30-18-10-2)37-41(38-46(49-45,31-19-11-3)32-20-12-4)53-43(51)27-25-26-28-44(52)54-42-39-47(33-21-13-5,34-22-14-6)50-48(40-42,35-23-15-7)36-24-16-8/h41-42,49-50H,9-40H2,1-8H3. The molecule has 2 N–H and O–H groups in total. The summed E-state index contributed by atoms with van der Waals surface area (Å²) in [6, 6.07) is 0. The lowest BCUT2D eigenvalue weighted by atomic mass is 9.69. The molecule has 6 heteroatoms. The number of ether oxygens (including phenoxy) is 2. The van der Waals surface area contributed by atoms with Crippen LogP contribution in [0.25, 0.3) is 0 Å². The van der Waals surface area contributed by atoms with E-state index in [1.54, 1.807) is 0 Å². The normalized spacial score (nSPS) is 19.5. The molecule has 0 spiro atoms. The van der Waals surface area contributed by atoms with Crippen LogP contribution in [0.3, 0.4) is 0 Å². The predicted octanol–water partition coefficient (Wildman–Crippen LogP) is 13.6. The van der Waals surface area contributed by atoms with E-state index in [1.165, 1.54) is 103 Å². The van der Waals surface area contributed by atoms with Gasteiger partial charge in [0.2, 0.25) is 0 Å². The van der Waals surface area contributed by atoms with Gasteiger partial charge in [0, 0.05) is 60.7 Å². The predicted molar refractivity (Wildman–Crippen MR) is 230 cm³/mol. The lowest BCUT2D eigenvalue weighted by Crippen LogP contribution is -2.65. The summed E-state index contributed by atoms with van der Waals surface area (Å²) in [5.74, 6) is -0.164. The number of piperidine rings is 2. The summed E-state index contributed by atoms with van der Waals surface area (Å²) < 4.78 is 12.8. The number of hydrogen-bond donors (Lipinski definition) is 2. The third-order valence-electron chi connectivity index (χ3n) is 13.2. The van der Waals surface area contributed by atoms with E-state index >= 15 is 0 Å². The molecule has 2 aliphatic heterocycles. The number of unbranched alkanes of at least 4 members (excludes halogenated alkanes) is 9. The van der Waals surface area contributed by atoms with Gasteiger partial charge in [-0.05, 0) is 64.2 Å². The van der Waals surface area contributed by atoms with Crippen LogP contribution in [0.4, 0.5) is 0 Å². The fraction of sp³-hybridized carbons (Fsp3) is 0.958. The zero-order valence-corrected chi connectivity index (χ0v) is 37.4. The summed E-state index contributed by atoms with van der Waals surface area (Å²) in [4.78, 5) is 26.9. The molecule has 0 amide bonds. The van der Waals surface area contributed by atoms with Crippen molar-refractivity contribution in [1.82, 2.24) is 10.6 Å². The van der Waals surface area contributed by atoms with E-state index in [0.29, 0.717) is 25.7 Å². The second-order valence-corrected chi connectivity index (χ2v) is 18.4. The molecule has 2 fully saturated rings. The van der Waals surface area contributed by atoms with E-state index in [1.807, 2.05) is 0 Å². The van der Waals surface area contributed by atoms with E-state index in [9.17, 15) is 9.59 Å². The molecule has 54 heavy (non-hydrogen) atoms. The van der Waals surface area contributed by atoms with Crippen LogP contribution in [0.15, 0.2) is 0 Å². The number of rotatable bonds is 31. The smallest absolute Gasteiger partial charge is 0.306 e.